The number of hydrogen-bond acceptors (Lipinski definition) is 4. The van der Waals surface area contributed by atoms with Crippen LogP contribution >= 0.6 is 23.1 Å². The van der Waals surface area contributed by atoms with Gasteiger partial charge in [-0.05, 0) is 63.4 Å². The molecule has 31 heavy (non-hydrogen) atoms. The molecule has 4 aromatic rings. The summed E-state index contributed by atoms with van der Waals surface area (Å²) in [6, 6.07) is 13.4. The van der Waals surface area contributed by atoms with Crippen molar-refractivity contribution >= 4 is 39.9 Å². The first-order valence-corrected chi connectivity index (χ1v) is 12.5. The fraction of sp³-hybridized carbons (Fsp3) is 0.259. The first-order chi connectivity index (χ1) is 14.9. The molecule has 0 spiro atoms. The van der Waals surface area contributed by atoms with E-state index in [4.69, 9.17) is 9.97 Å². The average molecular weight is 441 g/mol. The van der Waals surface area contributed by atoms with Gasteiger partial charge in [-0.1, -0.05) is 62.9 Å². The van der Waals surface area contributed by atoms with Gasteiger partial charge in [0, 0.05) is 27.2 Å². The van der Waals surface area contributed by atoms with E-state index < -0.39 is 0 Å². The van der Waals surface area contributed by atoms with Crippen molar-refractivity contribution in [1.82, 2.24) is 9.97 Å². The Labute approximate surface area is 191 Å². The maximum atomic E-state index is 4.85. The molecule has 3 heterocycles. The maximum absolute atomic E-state index is 4.85. The number of rotatable bonds is 1. The van der Waals surface area contributed by atoms with Gasteiger partial charge in [-0.2, -0.15) is 0 Å². The third-order valence-electron chi connectivity index (χ3n) is 6.48. The van der Waals surface area contributed by atoms with Crippen molar-refractivity contribution in [3.63, 3.8) is 0 Å². The molecule has 6 rings (SSSR count). The minimum Gasteiger partial charge on any atom is -0.236 e. The fourth-order valence-electron chi connectivity index (χ4n) is 5.01. The number of allylic oxidation sites excluding steroid dienone is 1. The summed E-state index contributed by atoms with van der Waals surface area (Å²) in [5.41, 5.74) is 7.88. The molecule has 4 heteroatoms. The van der Waals surface area contributed by atoms with Crippen molar-refractivity contribution in [2.45, 2.75) is 49.3 Å². The Balaban J connectivity index is 1.57. The monoisotopic (exact) mass is 440 g/mol. The van der Waals surface area contributed by atoms with Crippen LogP contribution in [0.3, 0.4) is 0 Å². The van der Waals surface area contributed by atoms with Crippen LogP contribution in [0.15, 0.2) is 59.2 Å². The lowest BCUT2D eigenvalue weighted by atomic mass is 9.81. The van der Waals surface area contributed by atoms with Crippen LogP contribution < -0.4 is 0 Å². The van der Waals surface area contributed by atoms with Crippen LogP contribution in [0.2, 0.25) is 0 Å². The van der Waals surface area contributed by atoms with Crippen molar-refractivity contribution in [3.05, 3.63) is 81.3 Å². The van der Waals surface area contributed by atoms with E-state index in [1.165, 1.54) is 43.5 Å². The van der Waals surface area contributed by atoms with Crippen molar-refractivity contribution in [2.24, 2.45) is 0 Å². The third kappa shape index (κ3) is 2.92. The van der Waals surface area contributed by atoms with Crippen LogP contribution in [0.5, 0.6) is 0 Å². The first kappa shape index (κ1) is 19.3. The standard InChI is InChI=1S/C27H24N2S2/c1-15-13-30-21-10-9-19-23-24(28-14-29-26(23)31-25(19)22(15)21)17-11-16-7-5-6-8-18(16)20(12-17)27(2,3)4/h5-14,19,25H,1-4H3. The largest absolute Gasteiger partial charge is 0.236 e. The van der Waals surface area contributed by atoms with Crippen LogP contribution in [-0.4, -0.2) is 9.97 Å². The van der Waals surface area contributed by atoms with E-state index in [2.05, 4.69) is 81.6 Å². The molecule has 2 aromatic heterocycles. The highest BCUT2D eigenvalue weighted by atomic mass is 32.2. The van der Waals surface area contributed by atoms with Gasteiger partial charge in [0.25, 0.3) is 0 Å². The van der Waals surface area contributed by atoms with Crippen LogP contribution in [0.1, 0.15) is 59.1 Å². The summed E-state index contributed by atoms with van der Waals surface area (Å²) in [5, 5.41) is 6.42. The number of thiophene rings is 1. The van der Waals surface area contributed by atoms with Crippen molar-refractivity contribution in [1.29, 1.82) is 0 Å². The second kappa shape index (κ2) is 6.78. The van der Waals surface area contributed by atoms with E-state index in [1.54, 1.807) is 6.33 Å². The second-order valence-electron chi connectivity index (χ2n) is 9.56. The number of hydrogen-bond donors (Lipinski definition) is 0. The van der Waals surface area contributed by atoms with E-state index in [0.29, 0.717) is 11.2 Å². The highest BCUT2D eigenvalue weighted by molar-refractivity contribution is 7.99. The summed E-state index contributed by atoms with van der Waals surface area (Å²) >= 11 is 3.76. The summed E-state index contributed by atoms with van der Waals surface area (Å²) in [7, 11) is 0. The highest BCUT2D eigenvalue weighted by Gasteiger charge is 2.40. The molecule has 0 N–H and O–H groups in total. The summed E-state index contributed by atoms with van der Waals surface area (Å²) in [6.45, 7) is 9.11. The van der Waals surface area contributed by atoms with Gasteiger partial charge in [-0.15, -0.1) is 11.3 Å². The molecule has 154 valence electrons. The minimum atomic E-state index is 0.0521. The molecular weight excluding hydrogens is 416 g/mol. The summed E-state index contributed by atoms with van der Waals surface area (Å²) in [4.78, 5) is 11.0. The van der Waals surface area contributed by atoms with E-state index in [1.807, 2.05) is 23.1 Å². The second-order valence-corrected chi connectivity index (χ2v) is 11.6. The third-order valence-corrected chi connectivity index (χ3v) is 8.89. The Morgan fingerprint density at radius 2 is 1.84 bits per heavy atom. The Morgan fingerprint density at radius 1 is 1.00 bits per heavy atom. The van der Waals surface area contributed by atoms with Crippen LogP contribution in [0.25, 0.3) is 28.1 Å². The van der Waals surface area contributed by atoms with Gasteiger partial charge in [-0.25, -0.2) is 9.97 Å². The summed E-state index contributed by atoms with van der Waals surface area (Å²) < 4.78 is 0. The summed E-state index contributed by atoms with van der Waals surface area (Å²) in [5.74, 6) is 0.321. The molecule has 2 aromatic carbocycles. The van der Waals surface area contributed by atoms with Gasteiger partial charge in [-0.3, -0.25) is 0 Å². The lowest BCUT2D eigenvalue weighted by Crippen LogP contribution is -2.12. The van der Waals surface area contributed by atoms with Crippen LogP contribution in [-0.2, 0) is 5.41 Å². The summed E-state index contributed by atoms with van der Waals surface area (Å²) in [6.07, 6.45) is 6.43. The van der Waals surface area contributed by atoms with E-state index in [9.17, 15) is 0 Å². The number of benzene rings is 2. The predicted molar refractivity (Wildman–Crippen MR) is 133 cm³/mol. The average Bonchev–Trinajstić information content (AvgIpc) is 3.32. The zero-order valence-corrected chi connectivity index (χ0v) is 19.8. The molecule has 2 atom stereocenters. The van der Waals surface area contributed by atoms with Crippen LogP contribution in [0.4, 0.5) is 0 Å². The van der Waals surface area contributed by atoms with Crippen molar-refractivity contribution in [3.8, 4) is 11.3 Å². The normalized spacial score (nSPS) is 19.4. The number of aromatic nitrogens is 2. The van der Waals surface area contributed by atoms with Gasteiger partial charge in [0.05, 0.1) is 5.69 Å². The van der Waals surface area contributed by atoms with Gasteiger partial charge >= 0.3 is 0 Å². The molecule has 0 saturated carbocycles. The molecule has 1 aliphatic heterocycles. The zero-order valence-electron chi connectivity index (χ0n) is 18.1. The molecule has 0 amide bonds. The highest BCUT2D eigenvalue weighted by Crippen LogP contribution is 2.60. The molecular formula is C27H24N2S2. The van der Waals surface area contributed by atoms with Crippen molar-refractivity contribution < 1.29 is 0 Å². The number of aryl methyl sites for hydroxylation is 1. The fourth-order valence-corrected chi connectivity index (χ4v) is 7.60. The molecule has 0 fully saturated rings. The number of fused-ring (bicyclic) bond motifs is 6. The lowest BCUT2D eigenvalue weighted by Gasteiger charge is -2.24. The van der Waals surface area contributed by atoms with E-state index in [0.717, 1.165) is 10.7 Å². The lowest BCUT2D eigenvalue weighted by molar-refractivity contribution is 0.596. The quantitative estimate of drug-likeness (QED) is 0.281. The Hall–Kier alpha value is -2.43. The Kier molecular flexibility index (Phi) is 4.22. The molecule has 0 radical (unpaired) electrons. The topological polar surface area (TPSA) is 25.8 Å². The van der Waals surface area contributed by atoms with E-state index >= 15 is 0 Å². The molecule has 2 unspecified atom stereocenters. The van der Waals surface area contributed by atoms with Gasteiger partial charge < -0.3 is 0 Å². The van der Waals surface area contributed by atoms with Gasteiger partial charge in [0.2, 0.25) is 0 Å². The minimum absolute atomic E-state index is 0.0521. The Morgan fingerprint density at radius 3 is 2.68 bits per heavy atom. The molecule has 2 nitrogen and oxygen atoms in total. The predicted octanol–water partition coefficient (Wildman–Crippen LogP) is 7.92. The van der Waals surface area contributed by atoms with Crippen LogP contribution in [0, 0.1) is 6.92 Å². The number of thioether (sulfide) groups is 1. The molecule has 1 aliphatic carbocycles. The van der Waals surface area contributed by atoms with Gasteiger partial charge in [0.15, 0.2) is 0 Å². The van der Waals surface area contributed by atoms with Gasteiger partial charge in [0.1, 0.15) is 11.4 Å². The SMILES string of the molecule is Cc1csc2c1C1Sc3ncnc(-c4cc(C(C)(C)C)c5ccccc5c4)c3C1C=C2. The van der Waals surface area contributed by atoms with E-state index in [-0.39, 0.29) is 5.41 Å². The maximum Gasteiger partial charge on any atom is 0.117 e. The Bertz CT molecular complexity index is 1370. The van der Waals surface area contributed by atoms with Crippen molar-refractivity contribution in [2.75, 3.05) is 0 Å². The zero-order chi connectivity index (χ0) is 21.3. The number of nitrogens with zero attached hydrogens (tertiary/aromatic N) is 2. The first-order valence-electron chi connectivity index (χ1n) is 10.7. The molecule has 0 bridgehead atoms. The molecule has 0 saturated heterocycles. The smallest absolute Gasteiger partial charge is 0.117 e. The molecule has 2 aliphatic rings.